The first-order chi connectivity index (χ1) is 42.7. The summed E-state index contributed by atoms with van der Waals surface area (Å²) in [5.41, 5.74) is 16.2. The van der Waals surface area contributed by atoms with Crippen molar-refractivity contribution >= 4 is 58.6 Å². The Bertz CT molecular complexity index is 3350. The predicted octanol–water partition coefficient (Wildman–Crippen LogP) is 9.17. The summed E-state index contributed by atoms with van der Waals surface area (Å²) in [6, 6.07) is 50.8. The average Bonchev–Trinajstić information content (AvgIpc) is 1.64. The maximum absolute atomic E-state index is 12.6. The van der Waals surface area contributed by atoms with E-state index in [0.717, 1.165) is 76.8 Å². The third kappa shape index (κ3) is 17.3. The summed E-state index contributed by atoms with van der Waals surface area (Å²) in [5.74, 6) is 1.74. The molecule has 0 unspecified atom stereocenters. The number of nitrogens with two attached hydrogens (primary N) is 1. The van der Waals surface area contributed by atoms with Gasteiger partial charge in [-0.3, -0.25) is 26.1 Å². The molecule has 0 spiro atoms. The molecule has 90 heavy (non-hydrogen) atoms. The number of aliphatic hydroxyl groups is 6. The lowest BCUT2D eigenvalue weighted by atomic mass is 9.93. The summed E-state index contributed by atoms with van der Waals surface area (Å²) in [4.78, 5) is 50.1. The van der Waals surface area contributed by atoms with Crippen LogP contribution in [-0.2, 0) is 29.9 Å². The van der Waals surface area contributed by atoms with E-state index in [0.29, 0.717) is 37.1 Å². The first-order valence-electron chi connectivity index (χ1n) is 28.5. The molecular weight excluding hydrogens is 1190 g/mol. The molecule has 478 valence electrons. The number of aliphatic carboxylic acids is 2. The third-order valence-electron chi connectivity index (χ3n) is 15.7. The number of carboxylic acid groups (broad SMARTS) is 2. The van der Waals surface area contributed by atoms with E-state index in [2.05, 4.69) is 30.6 Å². The lowest BCUT2D eigenvalue weighted by molar-refractivity contribution is -0.468. The lowest BCUT2D eigenvalue weighted by Gasteiger charge is -2.22. The quantitative estimate of drug-likeness (QED) is 0.0298. The summed E-state index contributed by atoms with van der Waals surface area (Å²) in [5, 5.41) is 75.5. The van der Waals surface area contributed by atoms with Gasteiger partial charge in [0.25, 0.3) is 0 Å². The Morgan fingerprint density at radius 3 is 1.03 bits per heavy atom. The van der Waals surface area contributed by atoms with Crippen LogP contribution in [0, 0.1) is 13.8 Å². The van der Waals surface area contributed by atoms with Crippen LogP contribution in [0.15, 0.2) is 158 Å². The number of carbonyl (C=O) groups excluding carboxylic acids is 2. The zero-order valence-electron chi connectivity index (χ0n) is 49.8. The van der Waals surface area contributed by atoms with E-state index in [1.807, 2.05) is 185 Å². The smallest absolute Gasteiger partial charge is 0.412 e. The second-order valence-electron chi connectivity index (χ2n) is 22.0. The molecule has 8 aromatic rings. The van der Waals surface area contributed by atoms with E-state index in [-0.39, 0.29) is 39.5 Å². The molecule has 21 nitrogen and oxygen atoms in total. The summed E-state index contributed by atoms with van der Waals surface area (Å²) in [6.45, 7) is 5.19. The Morgan fingerprint density at radius 2 is 0.800 bits per heavy atom. The van der Waals surface area contributed by atoms with E-state index in [1.165, 1.54) is 23.1 Å². The van der Waals surface area contributed by atoms with Crippen LogP contribution in [0.1, 0.15) is 92.8 Å². The largest absolute Gasteiger partial charge is 0.481 e. The number of nitrogens with zero attached hydrogens (tertiary/aromatic N) is 2. The van der Waals surface area contributed by atoms with E-state index in [4.69, 9.17) is 45.8 Å². The Morgan fingerprint density at radius 1 is 0.511 bits per heavy atom. The SMILES string of the molecule is C.Cc1nsc(-c2ccc(-c3ccc(C4(C(=O)O)CC4)cc3)cc2)c1NC(=O)O[C@H](C)c1ccccc1.Cc1nsc(-c2ccc(-c3ccc(C4(C(=O)O)CC4)cc3)cc2)c1NC(=O)O[C@H](C)c1ccccc1.NC(CO)(CO)CO.[NH3+]NC(CO)(CO)CO. The molecule has 2 atom stereocenters. The molecule has 2 aliphatic rings. The van der Waals surface area contributed by atoms with Gasteiger partial charge in [-0.1, -0.05) is 165 Å². The third-order valence-corrected chi connectivity index (χ3v) is 17.6. The zero-order chi connectivity index (χ0) is 64.5. The highest BCUT2D eigenvalue weighted by Gasteiger charge is 2.52. The van der Waals surface area contributed by atoms with Gasteiger partial charge in [0.2, 0.25) is 0 Å². The van der Waals surface area contributed by atoms with Crippen LogP contribution >= 0.6 is 23.1 Å². The summed E-state index contributed by atoms with van der Waals surface area (Å²) < 4.78 is 20.0. The van der Waals surface area contributed by atoms with E-state index in [1.54, 1.807) is 0 Å². The van der Waals surface area contributed by atoms with Gasteiger partial charge >= 0.3 is 24.1 Å². The second kappa shape index (κ2) is 31.9. The number of benzene rings is 6. The van der Waals surface area contributed by atoms with Crippen molar-refractivity contribution in [2.75, 3.05) is 50.3 Å². The molecule has 23 heteroatoms. The fourth-order valence-electron chi connectivity index (χ4n) is 9.16. The number of quaternary nitrogens is 1. The number of hydrogen-bond donors (Lipinski definition) is 13. The molecule has 0 bridgehead atoms. The van der Waals surface area contributed by atoms with Gasteiger partial charge in [0, 0.05) is 0 Å². The normalized spacial score (nSPS) is 14.0. The molecule has 2 aliphatic carbocycles. The molecule has 2 amide bonds. The van der Waals surface area contributed by atoms with Crippen LogP contribution in [0.3, 0.4) is 0 Å². The highest BCUT2D eigenvalue weighted by molar-refractivity contribution is 7.10. The van der Waals surface area contributed by atoms with Crippen molar-refractivity contribution in [3.05, 3.63) is 191 Å². The van der Waals surface area contributed by atoms with Crippen molar-refractivity contribution < 1.29 is 75.3 Å². The number of carboxylic acids is 2. The summed E-state index contributed by atoms with van der Waals surface area (Å²) in [7, 11) is 0. The predicted molar refractivity (Wildman–Crippen MR) is 347 cm³/mol. The van der Waals surface area contributed by atoms with Crippen LogP contribution in [0.25, 0.3) is 43.1 Å². The van der Waals surface area contributed by atoms with Gasteiger partial charge in [0.1, 0.15) is 17.7 Å². The van der Waals surface area contributed by atoms with Gasteiger partial charge in [0.05, 0.1) is 88.5 Å². The van der Waals surface area contributed by atoms with Crippen molar-refractivity contribution in [3.63, 3.8) is 0 Å². The molecule has 2 heterocycles. The lowest BCUT2D eigenvalue weighted by Crippen LogP contribution is -2.77. The number of amides is 2. The summed E-state index contributed by atoms with van der Waals surface area (Å²) in [6.07, 6.45) is 0.971. The molecule has 10 rings (SSSR count). The number of rotatable bonds is 21. The number of aryl methyl sites for hydroxylation is 2. The molecule has 2 aromatic heterocycles. The van der Waals surface area contributed by atoms with Gasteiger partial charge in [-0.25, -0.2) is 9.59 Å². The monoisotopic (exact) mass is 1270 g/mol. The fraction of sp³-hybridized carbons (Fsp3) is 0.313. The Kier molecular flexibility index (Phi) is 25.1. The number of hydrogen-bond acceptors (Lipinski definition) is 18. The van der Waals surface area contributed by atoms with Crippen molar-refractivity contribution in [3.8, 4) is 43.1 Å². The Labute approximate surface area is 530 Å². The van der Waals surface area contributed by atoms with Crippen LogP contribution in [0.5, 0.6) is 0 Å². The highest BCUT2D eigenvalue weighted by atomic mass is 32.1. The second-order valence-corrected chi connectivity index (χ2v) is 23.5. The minimum absolute atomic E-state index is 0. The number of aromatic nitrogens is 2. The Balaban J connectivity index is 0.000000226. The standard InChI is InChI=1S/2C29H26N2O4S.C4H12N2O3.C4H11NO3.CH4/c2*1-18-25(30-28(34)35-19(2)20-6-4-3-5-7-20)26(36-31-18)23-10-8-21(9-11-23)22-12-14-24(15-13-22)29(16-17-29)27(32)33;5-6-4(1-7,2-8)3-9;5-4(1-6,2-7)3-8;/h2*3-15,19H,16-17H2,1-2H3,(H,30,34)(H,32,33);6-9H,1-3,5H2;6-8H,1-3,5H2;1H4/p+1/t2*19-;;;/m11.../s1. The van der Waals surface area contributed by atoms with Crippen LogP contribution < -0.4 is 27.6 Å². The molecule has 2 saturated carbocycles. The van der Waals surface area contributed by atoms with E-state index in [9.17, 15) is 29.4 Å². The average molecular weight is 1270 g/mol. The molecule has 6 aromatic carbocycles. The number of anilines is 2. The van der Waals surface area contributed by atoms with Gasteiger partial charge in [-0.15, -0.1) is 0 Å². The first-order valence-corrected chi connectivity index (χ1v) is 30.1. The van der Waals surface area contributed by atoms with Crippen LogP contribution in [0.2, 0.25) is 0 Å². The molecule has 0 aliphatic heterocycles. The number of ether oxygens (including phenoxy) is 2. The van der Waals surface area contributed by atoms with Crippen molar-refractivity contribution in [2.24, 2.45) is 5.73 Å². The molecule has 0 saturated heterocycles. The van der Waals surface area contributed by atoms with Crippen molar-refractivity contribution in [2.45, 2.75) is 94.9 Å². The number of nitrogens with one attached hydrogen (secondary N) is 3. The van der Waals surface area contributed by atoms with Gasteiger partial charge < -0.3 is 56.1 Å². The highest BCUT2D eigenvalue weighted by Crippen LogP contribution is 2.50. The first kappa shape index (κ1) is 70.8. The maximum Gasteiger partial charge on any atom is 0.412 e. The van der Waals surface area contributed by atoms with Gasteiger partial charge in [0.15, 0.2) is 0 Å². The van der Waals surface area contributed by atoms with E-state index < -0.39 is 65.9 Å². The molecule has 2 fully saturated rings. The molecular formula is C67H80N7O14S2+. The Hall–Kier alpha value is -8.30. The summed E-state index contributed by atoms with van der Waals surface area (Å²) >= 11 is 2.65. The molecule has 0 radical (unpaired) electrons. The van der Waals surface area contributed by atoms with Gasteiger partial charge in [-0.2, -0.15) is 14.2 Å². The molecule has 16 N–H and O–H groups in total. The van der Waals surface area contributed by atoms with Crippen LogP contribution in [-0.4, -0.2) is 124 Å². The topological polar surface area (TPSA) is 364 Å². The fourth-order valence-corrected chi connectivity index (χ4v) is 10.9. The minimum atomic E-state index is -1.21. The minimum Gasteiger partial charge on any atom is -0.481 e. The van der Waals surface area contributed by atoms with Crippen molar-refractivity contribution in [1.82, 2.24) is 14.2 Å². The maximum atomic E-state index is 12.6. The zero-order valence-corrected chi connectivity index (χ0v) is 51.4. The van der Waals surface area contributed by atoms with Crippen molar-refractivity contribution in [1.29, 1.82) is 0 Å². The number of aliphatic hydroxyl groups excluding tert-OH is 6. The number of carbonyl (C=O) groups is 4. The van der Waals surface area contributed by atoms with Crippen LogP contribution in [0.4, 0.5) is 21.0 Å². The van der Waals surface area contributed by atoms with Gasteiger partial charge in [-0.05, 0) is 132 Å². The van der Waals surface area contributed by atoms with E-state index >= 15 is 0 Å².